The first-order valence-electron chi connectivity index (χ1n) is 24.6. The lowest BCUT2D eigenvalue weighted by atomic mass is 10.1. The molecule has 0 saturated carbocycles. The maximum absolute atomic E-state index is 11.9. The minimum atomic E-state index is -3.30. The number of hydrogen-bond donors (Lipinski definition) is 3. The number of sulfone groups is 3. The summed E-state index contributed by atoms with van der Waals surface area (Å²) in [5.74, 6) is 1.98. The van der Waals surface area contributed by atoms with Gasteiger partial charge in [-0.25, -0.2) is 34.8 Å². The molecule has 0 unspecified atom stereocenters. The van der Waals surface area contributed by atoms with Crippen molar-refractivity contribution < 1.29 is 87.3 Å². The van der Waals surface area contributed by atoms with E-state index in [9.17, 15) is 44.7 Å². The quantitative estimate of drug-likeness (QED) is 0.0475. The van der Waals surface area contributed by atoms with Crippen molar-refractivity contribution in [2.75, 3.05) is 67.0 Å². The van der Waals surface area contributed by atoms with E-state index in [1.54, 1.807) is 76.8 Å². The number of carboxylic acid groups (broad SMARTS) is 1. The number of aromatic amines is 2. The second-order valence-electron chi connectivity index (χ2n) is 18.2. The first-order chi connectivity index (χ1) is 38.6. The number of aromatic carboxylic acids is 1. The van der Waals surface area contributed by atoms with Crippen LogP contribution in [0.15, 0.2) is 153 Å². The topological polar surface area (TPSA) is 298 Å². The number of methoxy groups -OCH3 is 4. The molecule has 0 amide bonds. The Kier molecular flexibility index (Phi) is 23.2. The Morgan fingerprint density at radius 3 is 1.07 bits per heavy atom. The third-order valence-electron chi connectivity index (χ3n) is 10.9. The summed E-state index contributed by atoms with van der Waals surface area (Å²) in [6, 6.07) is 33.6. The Bertz CT molecular complexity index is 3660. The van der Waals surface area contributed by atoms with Gasteiger partial charge >= 0.3 is 11.9 Å². The smallest absolute Gasteiger partial charge is 0.338 e. The molecule has 6 aromatic carbocycles. The SMILES string of the molecule is COC[C@H](C)Oc1cc(Oc2ccc(S(C)(=O)=O)cc2)cc(-c2cc(=O)[nH][nH]2)c1.COC[C@H](C)Oc1cc(Oc2ccc(S(C)(=O)=O)cc2)cc(C(=O)O)c1.COC[C@H](C)Oc1cc(Oc2ccc(S(C)(=O)=O)cc2)cc(C(=O)OC)c1. The average molecular weight is 1190 g/mol. The summed E-state index contributed by atoms with van der Waals surface area (Å²) in [7, 11) is -3.88. The largest absolute Gasteiger partial charge is 0.488 e. The number of hydrogen-bond acceptors (Lipinski definition) is 19. The molecule has 0 saturated heterocycles. The van der Waals surface area contributed by atoms with Crippen LogP contribution >= 0.6 is 0 Å². The molecule has 25 heteroatoms. The van der Waals surface area contributed by atoms with E-state index in [1.165, 1.54) is 92.0 Å². The van der Waals surface area contributed by atoms with Crippen LogP contribution in [0.5, 0.6) is 51.7 Å². The number of nitrogens with one attached hydrogen (secondary N) is 2. The summed E-state index contributed by atoms with van der Waals surface area (Å²) in [4.78, 5) is 35.3. The van der Waals surface area contributed by atoms with Gasteiger partial charge in [-0.3, -0.25) is 15.0 Å². The Labute approximate surface area is 475 Å². The highest BCUT2D eigenvalue weighted by Gasteiger charge is 2.17. The lowest BCUT2D eigenvalue weighted by molar-refractivity contribution is 0.0597. The van der Waals surface area contributed by atoms with Crippen LogP contribution in [-0.2, 0) is 48.5 Å². The number of ether oxygens (including phenoxy) is 10. The third-order valence-corrected chi connectivity index (χ3v) is 14.3. The van der Waals surface area contributed by atoms with Gasteiger partial charge in [-0.2, -0.15) is 0 Å². The normalized spacial score (nSPS) is 12.4. The molecule has 0 fully saturated rings. The van der Waals surface area contributed by atoms with Crippen LogP contribution < -0.4 is 34.0 Å². The zero-order valence-electron chi connectivity index (χ0n) is 46.5. The van der Waals surface area contributed by atoms with E-state index in [0.717, 1.165) is 18.8 Å². The van der Waals surface area contributed by atoms with E-state index >= 15 is 0 Å². The highest BCUT2D eigenvalue weighted by atomic mass is 32.2. The Hall–Kier alpha value is -8.20. The molecule has 0 aliphatic heterocycles. The minimum Gasteiger partial charge on any atom is -0.488 e. The Morgan fingerprint density at radius 1 is 0.439 bits per heavy atom. The fraction of sp³-hybridized carbons (Fsp3) is 0.281. The molecular formula is C57H64N2O20S3. The number of carbonyl (C=O) groups excluding carboxylic acids is 1. The molecular weight excluding hydrogens is 1130 g/mol. The van der Waals surface area contributed by atoms with Crippen LogP contribution in [0, 0.1) is 0 Å². The maximum atomic E-state index is 11.9. The second kappa shape index (κ2) is 29.5. The minimum absolute atomic E-state index is 0.00914. The number of carbonyl (C=O) groups is 2. The summed E-state index contributed by atoms with van der Waals surface area (Å²) in [6.07, 6.45) is 2.70. The lowest BCUT2D eigenvalue weighted by Gasteiger charge is -2.16. The molecule has 0 aliphatic carbocycles. The van der Waals surface area contributed by atoms with Crippen LogP contribution in [0.3, 0.4) is 0 Å². The van der Waals surface area contributed by atoms with Gasteiger partial charge in [-0.05, 0) is 130 Å². The van der Waals surface area contributed by atoms with Gasteiger partial charge in [-0.15, -0.1) is 0 Å². The van der Waals surface area contributed by atoms with Crippen LogP contribution in [0.2, 0.25) is 0 Å². The first kappa shape index (κ1) is 64.6. The molecule has 440 valence electrons. The number of carboxylic acids is 1. The van der Waals surface area contributed by atoms with E-state index in [0.29, 0.717) is 77.1 Å². The van der Waals surface area contributed by atoms with Gasteiger partial charge in [0.25, 0.3) is 5.56 Å². The van der Waals surface area contributed by atoms with E-state index in [-0.39, 0.29) is 55.4 Å². The predicted octanol–water partition coefficient (Wildman–Crippen LogP) is 9.06. The number of rotatable bonds is 24. The number of H-pyrrole nitrogens is 2. The molecule has 0 bridgehead atoms. The second-order valence-corrected chi connectivity index (χ2v) is 24.3. The van der Waals surface area contributed by atoms with Crippen LogP contribution in [0.25, 0.3) is 11.3 Å². The van der Waals surface area contributed by atoms with Crippen molar-refractivity contribution in [1.29, 1.82) is 0 Å². The molecule has 1 heterocycles. The molecule has 0 spiro atoms. The van der Waals surface area contributed by atoms with E-state index in [1.807, 2.05) is 13.8 Å². The van der Waals surface area contributed by atoms with Crippen molar-refractivity contribution >= 4 is 41.5 Å². The highest BCUT2D eigenvalue weighted by molar-refractivity contribution is 7.91. The van der Waals surface area contributed by atoms with Gasteiger partial charge in [-0.1, -0.05) is 0 Å². The summed E-state index contributed by atoms with van der Waals surface area (Å²) in [5, 5.41) is 14.6. The van der Waals surface area contributed by atoms with Crippen molar-refractivity contribution in [2.24, 2.45) is 0 Å². The van der Waals surface area contributed by atoms with Gasteiger partial charge < -0.3 is 52.5 Å². The monoisotopic (exact) mass is 1190 g/mol. The zero-order chi connectivity index (χ0) is 60.4. The fourth-order valence-electron chi connectivity index (χ4n) is 7.27. The van der Waals surface area contributed by atoms with E-state index in [4.69, 9.17) is 47.4 Å². The number of esters is 1. The molecule has 1 aromatic heterocycles. The van der Waals surface area contributed by atoms with Gasteiger partial charge in [0.15, 0.2) is 29.5 Å². The summed E-state index contributed by atoms with van der Waals surface area (Å²) in [6.45, 7) is 6.64. The number of aromatic nitrogens is 2. The Balaban J connectivity index is 0.000000226. The van der Waals surface area contributed by atoms with Gasteiger partial charge in [0.2, 0.25) is 0 Å². The average Bonchev–Trinajstić information content (AvgIpc) is 4.05. The number of benzene rings is 6. The summed E-state index contributed by atoms with van der Waals surface area (Å²) >= 11 is 0. The predicted molar refractivity (Wildman–Crippen MR) is 303 cm³/mol. The molecule has 3 N–H and O–H groups in total. The summed E-state index contributed by atoms with van der Waals surface area (Å²) in [5.41, 5.74) is 1.29. The van der Waals surface area contributed by atoms with Crippen molar-refractivity contribution in [3.63, 3.8) is 0 Å². The van der Waals surface area contributed by atoms with Gasteiger partial charge in [0.05, 0.1) is 58.4 Å². The van der Waals surface area contributed by atoms with Crippen molar-refractivity contribution in [2.45, 2.75) is 53.8 Å². The lowest BCUT2D eigenvalue weighted by Crippen LogP contribution is -2.18. The molecule has 7 aromatic rings. The van der Waals surface area contributed by atoms with E-state index in [2.05, 4.69) is 10.2 Å². The molecule has 0 aliphatic rings. The van der Waals surface area contributed by atoms with E-state index < -0.39 is 41.5 Å². The maximum Gasteiger partial charge on any atom is 0.338 e. The molecule has 3 atom stereocenters. The van der Waals surface area contributed by atoms with Crippen molar-refractivity contribution in [3.05, 3.63) is 155 Å². The third kappa shape index (κ3) is 20.7. The Morgan fingerprint density at radius 2 is 0.756 bits per heavy atom. The van der Waals surface area contributed by atoms with Gasteiger partial charge in [0, 0.05) is 69.9 Å². The molecule has 7 rings (SSSR count). The molecule has 82 heavy (non-hydrogen) atoms. The molecule has 0 radical (unpaired) electrons. The fourth-order valence-corrected chi connectivity index (χ4v) is 9.17. The highest BCUT2D eigenvalue weighted by Crippen LogP contribution is 2.34. The standard InChI is InChI=1S/C20H22N2O6S.C19H22O7S.C18H20O7S/c1-13(12-26-2)27-16-8-14(19-11-20(23)22-21-19)9-17(10-16)28-15-4-6-18(7-5-15)29(3,24)25;1-13(12-23-2)25-16-9-14(19(20)24-3)10-17(11-16)26-15-5-7-18(8-6-15)27(4,21)22;1-12(11-23-2)24-15-8-13(18(19)20)9-16(10-15)25-14-4-6-17(7-5-14)26(3,21)22/h4-11,13H,12H2,1-3H3,(H2,21,22,23);5-11,13H,12H2,1-4H3;4-10,12H,11H2,1-3H3,(H,19,20)/t2*13-;12-/m000/s1. The van der Waals surface area contributed by atoms with Crippen LogP contribution in [0.1, 0.15) is 41.5 Å². The first-order valence-corrected chi connectivity index (χ1v) is 30.3. The van der Waals surface area contributed by atoms with Crippen molar-refractivity contribution in [3.8, 4) is 63.0 Å². The van der Waals surface area contributed by atoms with Crippen LogP contribution in [-0.4, -0.2) is 138 Å². The van der Waals surface area contributed by atoms with Gasteiger partial charge in [0.1, 0.15) is 70.1 Å². The van der Waals surface area contributed by atoms with Crippen molar-refractivity contribution in [1.82, 2.24) is 10.2 Å². The van der Waals surface area contributed by atoms with Crippen LogP contribution in [0.4, 0.5) is 0 Å². The molecule has 22 nitrogen and oxygen atoms in total. The summed E-state index contributed by atoms with van der Waals surface area (Å²) < 4.78 is 124. The zero-order valence-corrected chi connectivity index (χ0v) is 48.9.